The summed E-state index contributed by atoms with van der Waals surface area (Å²) in [5.74, 6) is 1.52. The van der Waals surface area contributed by atoms with Gasteiger partial charge in [-0.1, -0.05) is 36.0 Å². The quantitative estimate of drug-likeness (QED) is 0.270. The molecule has 5 aromatic rings. The van der Waals surface area contributed by atoms with Gasteiger partial charge >= 0.3 is 0 Å². The predicted octanol–water partition coefficient (Wildman–Crippen LogP) is 5.04. The van der Waals surface area contributed by atoms with Gasteiger partial charge in [-0.05, 0) is 67.9 Å². The van der Waals surface area contributed by atoms with E-state index in [1.165, 1.54) is 12.1 Å². The van der Waals surface area contributed by atoms with E-state index in [1.54, 1.807) is 24.3 Å². The van der Waals surface area contributed by atoms with Crippen LogP contribution in [0.15, 0.2) is 66.2 Å². The summed E-state index contributed by atoms with van der Waals surface area (Å²) in [5, 5.41) is 0.991. The van der Waals surface area contributed by atoms with Crippen LogP contribution in [0.3, 0.4) is 0 Å². The molecule has 0 radical (unpaired) electrons. The molecule has 1 fully saturated rings. The number of imidazole rings is 2. The van der Waals surface area contributed by atoms with E-state index >= 15 is 0 Å². The topological polar surface area (TPSA) is 64.7 Å². The molecule has 4 heterocycles. The van der Waals surface area contributed by atoms with Crippen molar-refractivity contribution in [3.8, 4) is 0 Å². The summed E-state index contributed by atoms with van der Waals surface area (Å²) in [6.45, 7) is 4.73. The minimum atomic E-state index is -0.203. The molecule has 0 spiro atoms. The molecule has 1 saturated heterocycles. The Morgan fingerprint density at radius 3 is 2.57 bits per heavy atom. The van der Waals surface area contributed by atoms with E-state index in [9.17, 15) is 4.39 Å². The third-order valence-electron chi connectivity index (χ3n) is 7.36. The van der Waals surface area contributed by atoms with Crippen LogP contribution in [0.25, 0.3) is 22.2 Å². The van der Waals surface area contributed by atoms with Crippen molar-refractivity contribution in [3.63, 3.8) is 0 Å². The molecule has 0 bridgehead atoms. The molecule has 190 valence electrons. The first-order valence-corrected chi connectivity index (χ1v) is 14.0. The first kappa shape index (κ1) is 24.1. The van der Waals surface area contributed by atoms with Crippen molar-refractivity contribution in [2.45, 2.75) is 37.5 Å². The second-order valence-corrected chi connectivity index (χ2v) is 10.5. The largest absolute Gasteiger partial charge is 0.323 e. The second kappa shape index (κ2) is 10.6. The summed E-state index contributed by atoms with van der Waals surface area (Å²) in [7, 11) is 0. The molecule has 0 atom stereocenters. The summed E-state index contributed by atoms with van der Waals surface area (Å²) in [4.78, 5) is 20.8. The van der Waals surface area contributed by atoms with Crippen LogP contribution in [-0.2, 0) is 19.5 Å². The van der Waals surface area contributed by atoms with E-state index in [-0.39, 0.29) is 5.82 Å². The van der Waals surface area contributed by atoms with E-state index in [0.29, 0.717) is 12.5 Å². The lowest BCUT2D eigenvalue weighted by Gasteiger charge is -2.32. The van der Waals surface area contributed by atoms with Gasteiger partial charge in [-0.25, -0.2) is 24.3 Å². The maximum atomic E-state index is 13.4. The van der Waals surface area contributed by atoms with Crippen LogP contribution in [0.1, 0.15) is 24.2 Å². The molecule has 0 N–H and O–H groups in total. The molecule has 0 aliphatic carbocycles. The molecule has 0 saturated carbocycles. The number of nitrogens with zero attached hydrogens (tertiary/aromatic N) is 7. The first-order valence-electron chi connectivity index (χ1n) is 12.8. The van der Waals surface area contributed by atoms with Gasteiger partial charge in [0.15, 0.2) is 10.8 Å². The summed E-state index contributed by atoms with van der Waals surface area (Å²) < 4.78 is 18.0. The molecular weight excluding hydrogens is 485 g/mol. The number of para-hydroxylation sites is 2. The third kappa shape index (κ3) is 5.10. The van der Waals surface area contributed by atoms with Gasteiger partial charge in [0.2, 0.25) is 0 Å². The van der Waals surface area contributed by atoms with Crippen molar-refractivity contribution in [3.05, 3.63) is 78.3 Å². The number of benzene rings is 2. The smallest absolute Gasteiger partial charge is 0.170 e. The van der Waals surface area contributed by atoms with E-state index in [1.807, 2.05) is 18.2 Å². The maximum Gasteiger partial charge on any atom is 0.170 e. The van der Waals surface area contributed by atoms with E-state index in [2.05, 4.69) is 53.4 Å². The van der Waals surface area contributed by atoms with E-state index in [4.69, 9.17) is 4.98 Å². The predicted molar refractivity (Wildman–Crippen MR) is 145 cm³/mol. The summed E-state index contributed by atoms with van der Waals surface area (Å²) in [5.41, 5.74) is 5.02. The lowest BCUT2D eigenvalue weighted by molar-refractivity contribution is 0.176. The zero-order valence-corrected chi connectivity index (χ0v) is 21.7. The van der Waals surface area contributed by atoms with Gasteiger partial charge in [-0.15, -0.1) is 0 Å². The van der Waals surface area contributed by atoms with Crippen molar-refractivity contribution in [2.24, 2.45) is 5.92 Å². The molecule has 1 aliphatic heterocycles. The molecular formula is C28H30FN7S. The van der Waals surface area contributed by atoms with E-state index in [0.717, 1.165) is 84.2 Å². The zero-order valence-electron chi connectivity index (χ0n) is 20.9. The second-order valence-electron chi connectivity index (χ2n) is 9.70. The van der Waals surface area contributed by atoms with Crippen LogP contribution in [0.4, 0.5) is 4.39 Å². The van der Waals surface area contributed by atoms with E-state index < -0.39 is 0 Å². The van der Waals surface area contributed by atoms with Crippen molar-refractivity contribution in [1.29, 1.82) is 0 Å². The SMILES string of the molecule is CSc1nc2cncnc2n1CCN1CCC(Cc2nc3ccccc3n2Cc2ccc(F)cc2)CC1. The first-order chi connectivity index (χ1) is 18.2. The van der Waals surface area contributed by atoms with Crippen molar-refractivity contribution in [1.82, 2.24) is 34.0 Å². The highest BCUT2D eigenvalue weighted by Gasteiger charge is 2.23. The number of likely N-dealkylation sites (tertiary alicyclic amines) is 1. The van der Waals surface area contributed by atoms with Gasteiger partial charge in [0, 0.05) is 26.1 Å². The Bertz CT molecular complexity index is 1500. The van der Waals surface area contributed by atoms with Crippen molar-refractivity contribution in [2.75, 3.05) is 25.9 Å². The van der Waals surface area contributed by atoms with Gasteiger partial charge < -0.3 is 14.0 Å². The van der Waals surface area contributed by atoms with Crippen molar-refractivity contribution < 1.29 is 4.39 Å². The maximum absolute atomic E-state index is 13.4. The number of fused-ring (bicyclic) bond motifs is 2. The number of thioether (sulfide) groups is 1. The Labute approximate surface area is 219 Å². The summed E-state index contributed by atoms with van der Waals surface area (Å²) in [6.07, 6.45) is 8.71. The summed E-state index contributed by atoms with van der Waals surface area (Å²) >= 11 is 1.65. The molecule has 1 aliphatic rings. The molecule has 2 aromatic carbocycles. The van der Waals surface area contributed by atoms with Gasteiger partial charge in [0.1, 0.15) is 23.5 Å². The fraction of sp³-hybridized carbons (Fsp3) is 0.357. The van der Waals surface area contributed by atoms with Gasteiger partial charge in [0.05, 0.1) is 17.2 Å². The molecule has 9 heteroatoms. The lowest BCUT2D eigenvalue weighted by Crippen LogP contribution is -2.36. The van der Waals surface area contributed by atoms with Crippen LogP contribution in [0, 0.1) is 11.7 Å². The Morgan fingerprint density at radius 2 is 1.76 bits per heavy atom. The number of halogens is 1. The lowest BCUT2D eigenvalue weighted by atomic mass is 9.93. The average Bonchev–Trinajstić information content (AvgIpc) is 3.47. The fourth-order valence-corrected chi connectivity index (χ4v) is 5.95. The van der Waals surface area contributed by atoms with Gasteiger partial charge in [-0.2, -0.15) is 0 Å². The molecule has 7 nitrogen and oxygen atoms in total. The fourth-order valence-electron chi connectivity index (χ4n) is 5.36. The number of piperidine rings is 1. The Balaban J connectivity index is 1.11. The van der Waals surface area contributed by atoms with Gasteiger partial charge in [-0.3, -0.25) is 0 Å². The van der Waals surface area contributed by atoms with Crippen molar-refractivity contribution >= 4 is 34.0 Å². The van der Waals surface area contributed by atoms with Crippen LogP contribution in [0.5, 0.6) is 0 Å². The highest BCUT2D eigenvalue weighted by Crippen LogP contribution is 2.26. The molecule has 0 amide bonds. The third-order valence-corrected chi connectivity index (χ3v) is 8.04. The zero-order chi connectivity index (χ0) is 25.2. The highest BCUT2D eigenvalue weighted by molar-refractivity contribution is 7.98. The van der Waals surface area contributed by atoms with Crippen LogP contribution in [0.2, 0.25) is 0 Å². The Kier molecular flexibility index (Phi) is 6.89. The molecule has 0 unspecified atom stereocenters. The number of rotatable bonds is 8. The van der Waals surface area contributed by atoms with Crippen LogP contribution < -0.4 is 0 Å². The Morgan fingerprint density at radius 1 is 0.946 bits per heavy atom. The molecule has 37 heavy (non-hydrogen) atoms. The average molecular weight is 516 g/mol. The molecule has 3 aromatic heterocycles. The number of hydrogen-bond donors (Lipinski definition) is 0. The van der Waals surface area contributed by atoms with Crippen LogP contribution >= 0.6 is 11.8 Å². The number of hydrogen-bond acceptors (Lipinski definition) is 6. The Hall–Kier alpha value is -3.30. The highest BCUT2D eigenvalue weighted by atomic mass is 32.2. The minimum Gasteiger partial charge on any atom is -0.323 e. The monoisotopic (exact) mass is 515 g/mol. The molecule has 6 rings (SSSR count). The summed E-state index contributed by atoms with van der Waals surface area (Å²) in [6, 6.07) is 15.1. The standard InChI is InChI=1S/C28H30FN7S/c1-37-28-33-24-17-30-19-31-27(24)35(28)15-14-34-12-10-20(11-13-34)16-26-32-23-4-2-3-5-25(23)36(26)18-21-6-8-22(29)9-7-21/h2-9,17,19-20H,10-16,18H2,1H3. The number of aromatic nitrogens is 6. The van der Waals surface area contributed by atoms with Crippen LogP contribution in [-0.4, -0.2) is 59.9 Å². The normalized spacial score (nSPS) is 15.2. The van der Waals surface area contributed by atoms with Gasteiger partial charge in [0.25, 0.3) is 0 Å². The minimum absolute atomic E-state index is 0.203.